The summed E-state index contributed by atoms with van der Waals surface area (Å²) in [7, 11) is 0. The first-order valence-electron chi connectivity index (χ1n) is 7.56. The van der Waals surface area contributed by atoms with Crippen molar-refractivity contribution < 1.29 is 31.9 Å². The first-order chi connectivity index (χ1) is 12.3. The van der Waals surface area contributed by atoms with E-state index in [-0.39, 0.29) is 37.1 Å². The maximum Gasteiger partial charge on any atom is 0.422 e. The minimum Gasteiger partial charge on any atom is -0.468 e. The van der Waals surface area contributed by atoms with Crippen LogP contribution in [0.1, 0.15) is 22.5 Å². The Labute approximate surface area is 146 Å². The maximum atomic E-state index is 12.1. The van der Waals surface area contributed by atoms with E-state index < -0.39 is 18.7 Å². The van der Waals surface area contributed by atoms with Crippen molar-refractivity contribution in [3.05, 3.63) is 48.0 Å². The Hall–Kier alpha value is -3.04. The van der Waals surface area contributed by atoms with Crippen LogP contribution in [0.5, 0.6) is 5.88 Å². The van der Waals surface area contributed by atoms with Crippen LogP contribution >= 0.6 is 0 Å². The van der Waals surface area contributed by atoms with E-state index in [1.807, 2.05) is 0 Å². The second kappa shape index (κ2) is 8.88. The Morgan fingerprint density at radius 3 is 2.73 bits per heavy atom. The smallest absolute Gasteiger partial charge is 0.422 e. The standard InChI is InChI=1S/C16H16F3N3O4/c17-16(18,19)10-26-14-8-11(3-5-20-14)9-22-13(23)4-6-21-15(24)12-2-1-7-25-12/h1-3,5,7-8H,4,6,9-10H2,(H,21,24)(H,22,23). The van der Waals surface area contributed by atoms with Crippen molar-refractivity contribution in [2.45, 2.75) is 19.1 Å². The van der Waals surface area contributed by atoms with Crippen LogP contribution < -0.4 is 15.4 Å². The molecule has 0 fully saturated rings. The highest BCUT2D eigenvalue weighted by atomic mass is 19.4. The third kappa shape index (κ3) is 6.83. The van der Waals surface area contributed by atoms with Crippen LogP contribution in [0.2, 0.25) is 0 Å². The van der Waals surface area contributed by atoms with E-state index in [0.29, 0.717) is 5.56 Å². The number of carbonyl (C=O) groups excluding carboxylic acids is 2. The van der Waals surface area contributed by atoms with Gasteiger partial charge in [-0.05, 0) is 23.8 Å². The minimum absolute atomic E-state index is 0.0367. The van der Waals surface area contributed by atoms with Gasteiger partial charge < -0.3 is 19.8 Å². The molecule has 0 saturated heterocycles. The first-order valence-corrected chi connectivity index (χ1v) is 7.56. The number of nitrogens with one attached hydrogen (secondary N) is 2. The van der Waals surface area contributed by atoms with E-state index in [1.54, 1.807) is 12.1 Å². The molecule has 0 unspecified atom stereocenters. The molecule has 0 aliphatic rings. The van der Waals surface area contributed by atoms with E-state index in [1.165, 1.54) is 24.6 Å². The Morgan fingerprint density at radius 1 is 1.23 bits per heavy atom. The van der Waals surface area contributed by atoms with Crippen LogP contribution in [0.4, 0.5) is 13.2 Å². The topological polar surface area (TPSA) is 93.5 Å². The first kappa shape index (κ1) is 19.3. The number of ether oxygens (including phenoxy) is 1. The molecule has 0 aliphatic heterocycles. The molecule has 0 bridgehead atoms. The number of nitrogens with zero attached hydrogens (tertiary/aromatic N) is 1. The van der Waals surface area contributed by atoms with Gasteiger partial charge in [-0.25, -0.2) is 4.98 Å². The third-order valence-electron chi connectivity index (χ3n) is 3.06. The van der Waals surface area contributed by atoms with Gasteiger partial charge in [0.1, 0.15) is 0 Å². The van der Waals surface area contributed by atoms with Crippen molar-refractivity contribution in [2.24, 2.45) is 0 Å². The number of alkyl halides is 3. The van der Waals surface area contributed by atoms with E-state index in [4.69, 9.17) is 4.42 Å². The van der Waals surface area contributed by atoms with E-state index >= 15 is 0 Å². The second-order valence-corrected chi connectivity index (χ2v) is 5.17. The SMILES string of the molecule is O=C(CCNC(=O)c1ccco1)NCc1ccnc(OCC(F)(F)F)c1. The van der Waals surface area contributed by atoms with E-state index in [9.17, 15) is 22.8 Å². The van der Waals surface area contributed by atoms with Crippen molar-refractivity contribution >= 4 is 11.8 Å². The molecule has 2 aromatic heterocycles. The van der Waals surface area contributed by atoms with Gasteiger partial charge in [0.25, 0.3) is 5.91 Å². The monoisotopic (exact) mass is 371 g/mol. The molecule has 140 valence electrons. The molecule has 26 heavy (non-hydrogen) atoms. The molecule has 0 saturated carbocycles. The second-order valence-electron chi connectivity index (χ2n) is 5.17. The summed E-state index contributed by atoms with van der Waals surface area (Å²) in [6, 6.07) is 5.92. The number of carbonyl (C=O) groups is 2. The van der Waals surface area contributed by atoms with Crippen molar-refractivity contribution in [1.82, 2.24) is 15.6 Å². The molecule has 2 heterocycles. The molecule has 0 radical (unpaired) electrons. The maximum absolute atomic E-state index is 12.1. The molecule has 2 amide bonds. The largest absolute Gasteiger partial charge is 0.468 e. The van der Waals surface area contributed by atoms with Gasteiger partial charge in [0.2, 0.25) is 11.8 Å². The summed E-state index contributed by atoms with van der Waals surface area (Å²) < 4.78 is 45.8. The molecular weight excluding hydrogens is 355 g/mol. The highest BCUT2D eigenvalue weighted by Crippen LogP contribution is 2.17. The molecule has 7 nitrogen and oxygen atoms in total. The molecule has 10 heteroatoms. The number of pyridine rings is 1. The Balaban J connectivity index is 1.71. The van der Waals surface area contributed by atoms with Gasteiger partial charge in [-0.15, -0.1) is 0 Å². The normalized spacial score (nSPS) is 11.0. The lowest BCUT2D eigenvalue weighted by atomic mass is 10.2. The van der Waals surface area contributed by atoms with Crippen molar-refractivity contribution in [1.29, 1.82) is 0 Å². The highest BCUT2D eigenvalue weighted by molar-refractivity contribution is 5.91. The van der Waals surface area contributed by atoms with Crippen molar-refractivity contribution in [2.75, 3.05) is 13.2 Å². The van der Waals surface area contributed by atoms with Crippen LogP contribution in [-0.2, 0) is 11.3 Å². The zero-order valence-electron chi connectivity index (χ0n) is 13.5. The van der Waals surface area contributed by atoms with Gasteiger partial charge in [-0.1, -0.05) is 0 Å². The summed E-state index contributed by atoms with van der Waals surface area (Å²) >= 11 is 0. The Morgan fingerprint density at radius 2 is 2.04 bits per heavy atom. The van der Waals surface area contributed by atoms with Crippen LogP contribution in [0, 0.1) is 0 Å². The van der Waals surface area contributed by atoms with Gasteiger partial charge in [-0.2, -0.15) is 13.2 Å². The van der Waals surface area contributed by atoms with Gasteiger partial charge in [-0.3, -0.25) is 9.59 Å². The highest BCUT2D eigenvalue weighted by Gasteiger charge is 2.28. The number of halogens is 3. The summed E-state index contributed by atoms with van der Waals surface area (Å²) in [5.41, 5.74) is 0.533. The van der Waals surface area contributed by atoms with Gasteiger partial charge in [0.15, 0.2) is 12.4 Å². The number of rotatable bonds is 8. The Kier molecular flexibility index (Phi) is 6.59. The molecule has 2 rings (SSSR count). The molecule has 0 aromatic carbocycles. The molecule has 0 atom stereocenters. The summed E-state index contributed by atoms with van der Waals surface area (Å²) in [6.07, 6.45) is -1.76. The lowest BCUT2D eigenvalue weighted by Crippen LogP contribution is -2.30. The Bertz CT molecular complexity index is 733. The average molecular weight is 371 g/mol. The predicted octanol–water partition coefficient (Wildman–Crippen LogP) is 2.05. The molecule has 2 N–H and O–H groups in total. The molecule has 0 aliphatic carbocycles. The summed E-state index contributed by atoms with van der Waals surface area (Å²) in [5, 5.41) is 5.11. The number of hydrogen-bond donors (Lipinski definition) is 2. The van der Waals surface area contributed by atoms with Crippen LogP contribution in [0.15, 0.2) is 41.1 Å². The predicted molar refractivity (Wildman–Crippen MR) is 83.3 cm³/mol. The minimum atomic E-state index is -4.45. The van der Waals surface area contributed by atoms with Gasteiger partial charge in [0, 0.05) is 31.8 Å². The molecule has 0 spiro atoms. The molecule has 2 aromatic rings. The summed E-state index contributed by atoms with van der Waals surface area (Å²) in [6.45, 7) is -1.23. The number of aromatic nitrogens is 1. The number of hydrogen-bond acceptors (Lipinski definition) is 5. The van der Waals surface area contributed by atoms with E-state index in [0.717, 1.165) is 0 Å². The van der Waals surface area contributed by atoms with Crippen LogP contribution in [0.3, 0.4) is 0 Å². The number of furan rings is 1. The van der Waals surface area contributed by atoms with Gasteiger partial charge >= 0.3 is 6.18 Å². The fourth-order valence-electron chi connectivity index (χ4n) is 1.87. The average Bonchev–Trinajstić information content (AvgIpc) is 3.13. The lowest BCUT2D eigenvalue weighted by Gasteiger charge is -2.10. The lowest BCUT2D eigenvalue weighted by molar-refractivity contribution is -0.154. The summed E-state index contributed by atoms with van der Waals surface area (Å²) in [4.78, 5) is 27.0. The van der Waals surface area contributed by atoms with Crippen LogP contribution in [-0.4, -0.2) is 36.1 Å². The van der Waals surface area contributed by atoms with Crippen molar-refractivity contribution in [3.63, 3.8) is 0 Å². The quantitative estimate of drug-likeness (QED) is 0.741. The van der Waals surface area contributed by atoms with Gasteiger partial charge in [0.05, 0.1) is 6.26 Å². The number of amides is 2. The van der Waals surface area contributed by atoms with Crippen LogP contribution in [0.25, 0.3) is 0 Å². The third-order valence-corrected chi connectivity index (χ3v) is 3.06. The summed E-state index contributed by atoms with van der Waals surface area (Å²) in [5.74, 6) is -0.795. The van der Waals surface area contributed by atoms with E-state index in [2.05, 4.69) is 20.4 Å². The van der Waals surface area contributed by atoms with Crippen molar-refractivity contribution in [3.8, 4) is 5.88 Å². The molecular formula is C16H16F3N3O4. The zero-order chi connectivity index (χ0) is 19.0. The fraction of sp³-hybridized carbons (Fsp3) is 0.312. The fourth-order valence-corrected chi connectivity index (χ4v) is 1.87. The zero-order valence-corrected chi connectivity index (χ0v) is 13.5.